The Morgan fingerprint density at radius 1 is 1.26 bits per heavy atom. The van der Waals surface area contributed by atoms with Crippen LogP contribution >= 0.6 is 0 Å². The first-order valence-corrected chi connectivity index (χ1v) is 8.60. The number of rotatable bonds is 6. The number of hydrogen-bond acceptors (Lipinski definition) is 4. The predicted octanol–water partition coefficient (Wildman–Crippen LogP) is 3.00. The molecule has 0 spiro atoms. The van der Waals surface area contributed by atoms with E-state index in [-0.39, 0.29) is 11.4 Å². The van der Waals surface area contributed by atoms with E-state index >= 15 is 0 Å². The summed E-state index contributed by atoms with van der Waals surface area (Å²) in [5.41, 5.74) is 0.820. The molecular weight excluding hydrogens is 319 g/mol. The molecule has 1 aromatic heterocycles. The molecule has 5 nitrogen and oxygen atoms in total. The SMILES string of the molecule is CCN([C@@H](C)c1ccc(OC)cc1)S(=O)(=O)c1cncc(F)c1. The summed E-state index contributed by atoms with van der Waals surface area (Å²) in [5.74, 6) is 0.0143. The van der Waals surface area contributed by atoms with Crippen molar-refractivity contribution >= 4 is 10.0 Å². The topological polar surface area (TPSA) is 59.5 Å². The molecule has 124 valence electrons. The van der Waals surface area contributed by atoms with Crippen molar-refractivity contribution in [2.45, 2.75) is 24.8 Å². The van der Waals surface area contributed by atoms with E-state index in [1.165, 1.54) is 4.31 Å². The largest absolute Gasteiger partial charge is 0.497 e. The smallest absolute Gasteiger partial charge is 0.245 e. The third kappa shape index (κ3) is 3.68. The quantitative estimate of drug-likeness (QED) is 0.812. The maximum atomic E-state index is 13.3. The van der Waals surface area contributed by atoms with Gasteiger partial charge in [0, 0.05) is 18.8 Å². The molecule has 0 fully saturated rings. The molecule has 1 atom stereocenters. The van der Waals surface area contributed by atoms with Crippen molar-refractivity contribution in [3.63, 3.8) is 0 Å². The summed E-state index contributed by atoms with van der Waals surface area (Å²) in [6.45, 7) is 3.78. The van der Waals surface area contributed by atoms with Crippen molar-refractivity contribution in [1.29, 1.82) is 0 Å². The molecular formula is C16H19FN2O3S. The van der Waals surface area contributed by atoms with Gasteiger partial charge in [0.25, 0.3) is 0 Å². The molecule has 0 amide bonds. The van der Waals surface area contributed by atoms with Gasteiger partial charge in [-0.15, -0.1) is 0 Å². The second kappa shape index (κ2) is 7.06. The summed E-state index contributed by atoms with van der Waals surface area (Å²) in [7, 11) is -2.27. The van der Waals surface area contributed by atoms with Gasteiger partial charge in [0.15, 0.2) is 0 Å². The number of sulfonamides is 1. The molecule has 0 saturated heterocycles. The molecule has 0 N–H and O–H groups in total. The Labute approximate surface area is 135 Å². The number of aromatic nitrogens is 1. The van der Waals surface area contributed by atoms with E-state index in [1.807, 2.05) is 12.1 Å². The van der Waals surface area contributed by atoms with Crippen molar-refractivity contribution in [2.75, 3.05) is 13.7 Å². The molecule has 0 aliphatic rings. The average Bonchev–Trinajstić information content (AvgIpc) is 2.55. The van der Waals surface area contributed by atoms with Crippen molar-refractivity contribution in [1.82, 2.24) is 9.29 Å². The number of pyridine rings is 1. The number of nitrogens with zero attached hydrogens (tertiary/aromatic N) is 2. The first-order chi connectivity index (χ1) is 10.9. The molecule has 1 heterocycles. The average molecular weight is 338 g/mol. The summed E-state index contributed by atoms with van der Waals surface area (Å²) >= 11 is 0. The van der Waals surface area contributed by atoms with Crippen LogP contribution in [-0.2, 0) is 10.0 Å². The van der Waals surface area contributed by atoms with E-state index in [1.54, 1.807) is 33.1 Å². The van der Waals surface area contributed by atoms with Gasteiger partial charge in [0.2, 0.25) is 10.0 Å². The summed E-state index contributed by atoms with van der Waals surface area (Å²) in [4.78, 5) is 3.47. The Bertz CT molecular complexity index is 763. The van der Waals surface area contributed by atoms with Gasteiger partial charge in [0.1, 0.15) is 16.5 Å². The minimum Gasteiger partial charge on any atom is -0.497 e. The lowest BCUT2D eigenvalue weighted by Crippen LogP contribution is -2.33. The fourth-order valence-corrected chi connectivity index (χ4v) is 3.97. The number of halogens is 1. The Hall–Kier alpha value is -1.99. The minimum atomic E-state index is -3.84. The van der Waals surface area contributed by atoms with Crippen molar-refractivity contribution in [3.8, 4) is 5.75 Å². The summed E-state index contributed by atoms with van der Waals surface area (Å²) < 4.78 is 45.2. The summed E-state index contributed by atoms with van der Waals surface area (Å²) in [6, 6.07) is 7.74. The van der Waals surface area contributed by atoms with Crippen LogP contribution in [0.4, 0.5) is 4.39 Å². The molecule has 23 heavy (non-hydrogen) atoms. The minimum absolute atomic E-state index is 0.153. The molecule has 2 rings (SSSR count). The molecule has 0 bridgehead atoms. The molecule has 0 aliphatic heterocycles. The number of methoxy groups -OCH3 is 1. The molecule has 2 aromatic rings. The van der Waals surface area contributed by atoms with E-state index in [4.69, 9.17) is 4.74 Å². The normalized spacial score (nSPS) is 13.1. The van der Waals surface area contributed by atoms with E-state index in [0.717, 1.165) is 24.0 Å². The monoisotopic (exact) mass is 338 g/mol. The lowest BCUT2D eigenvalue weighted by molar-refractivity contribution is 0.356. The third-order valence-electron chi connectivity index (χ3n) is 3.63. The van der Waals surface area contributed by atoms with Gasteiger partial charge in [-0.25, -0.2) is 12.8 Å². The van der Waals surface area contributed by atoms with Crippen LogP contribution in [-0.4, -0.2) is 31.4 Å². The lowest BCUT2D eigenvalue weighted by Gasteiger charge is -2.27. The predicted molar refractivity (Wildman–Crippen MR) is 85.2 cm³/mol. The van der Waals surface area contributed by atoms with Gasteiger partial charge in [0.05, 0.1) is 13.3 Å². The van der Waals surface area contributed by atoms with Gasteiger partial charge in [-0.2, -0.15) is 4.31 Å². The zero-order valence-corrected chi connectivity index (χ0v) is 14.0. The van der Waals surface area contributed by atoms with Crippen LogP contribution in [0, 0.1) is 5.82 Å². The Morgan fingerprint density at radius 3 is 2.43 bits per heavy atom. The fourth-order valence-electron chi connectivity index (χ4n) is 2.37. The molecule has 0 saturated carbocycles. The second-order valence-electron chi connectivity index (χ2n) is 5.00. The first-order valence-electron chi connectivity index (χ1n) is 7.16. The number of hydrogen-bond donors (Lipinski definition) is 0. The second-order valence-corrected chi connectivity index (χ2v) is 6.89. The molecule has 0 radical (unpaired) electrons. The third-order valence-corrected chi connectivity index (χ3v) is 5.64. The maximum absolute atomic E-state index is 13.3. The molecule has 0 unspecified atom stereocenters. The highest BCUT2D eigenvalue weighted by atomic mass is 32.2. The number of ether oxygens (including phenoxy) is 1. The zero-order valence-electron chi connectivity index (χ0n) is 13.2. The molecule has 7 heteroatoms. The van der Waals surface area contributed by atoms with Gasteiger partial charge in [-0.3, -0.25) is 4.98 Å². The van der Waals surface area contributed by atoms with Crippen molar-refractivity contribution < 1.29 is 17.5 Å². The summed E-state index contributed by atoms with van der Waals surface area (Å²) in [6.07, 6.45) is 2.13. The van der Waals surface area contributed by atoms with Crippen LogP contribution in [0.25, 0.3) is 0 Å². The van der Waals surface area contributed by atoms with E-state index < -0.39 is 21.9 Å². The number of benzene rings is 1. The highest BCUT2D eigenvalue weighted by Crippen LogP contribution is 2.28. The van der Waals surface area contributed by atoms with E-state index in [2.05, 4.69) is 4.98 Å². The fraction of sp³-hybridized carbons (Fsp3) is 0.312. The van der Waals surface area contributed by atoms with Crippen molar-refractivity contribution in [3.05, 3.63) is 54.1 Å². The van der Waals surface area contributed by atoms with Crippen LogP contribution in [0.15, 0.2) is 47.6 Å². The Balaban J connectivity index is 2.37. The Morgan fingerprint density at radius 2 is 1.91 bits per heavy atom. The van der Waals surface area contributed by atoms with Crippen molar-refractivity contribution in [2.24, 2.45) is 0 Å². The zero-order chi connectivity index (χ0) is 17.0. The first kappa shape index (κ1) is 17.4. The van der Waals surface area contributed by atoms with Crippen LogP contribution in [0.5, 0.6) is 5.75 Å². The lowest BCUT2D eigenvalue weighted by atomic mass is 10.1. The van der Waals surface area contributed by atoms with Gasteiger partial charge >= 0.3 is 0 Å². The highest BCUT2D eigenvalue weighted by Gasteiger charge is 2.29. The van der Waals surface area contributed by atoms with E-state index in [0.29, 0.717) is 5.75 Å². The molecule has 1 aromatic carbocycles. The molecule has 0 aliphatic carbocycles. The standard InChI is InChI=1S/C16H19FN2O3S/c1-4-19(12(2)13-5-7-15(22-3)8-6-13)23(20,21)16-9-14(17)10-18-11-16/h5-12H,4H2,1-3H3/t12-/m0/s1. The van der Waals surface area contributed by atoms with Gasteiger partial charge < -0.3 is 4.74 Å². The highest BCUT2D eigenvalue weighted by molar-refractivity contribution is 7.89. The van der Waals surface area contributed by atoms with Gasteiger partial charge in [-0.1, -0.05) is 19.1 Å². The van der Waals surface area contributed by atoms with Crippen LogP contribution in [0.1, 0.15) is 25.5 Å². The van der Waals surface area contributed by atoms with Crippen LogP contribution in [0.3, 0.4) is 0 Å². The summed E-state index contributed by atoms with van der Waals surface area (Å²) in [5, 5.41) is 0. The van der Waals surface area contributed by atoms with Crippen LogP contribution < -0.4 is 4.74 Å². The Kier molecular flexibility index (Phi) is 5.33. The maximum Gasteiger partial charge on any atom is 0.245 e. The van der Waals surface area contributed by atoms with E-state index in [9.17, 15) is 12.8 Å². The van der Waals surface area contributed by atoms with Gasteiger partial charge in [-0.05, 0) is 30.7 Å². The van der Waals surface area contributed by atoms with Crippen LogP contribution in [0.2, 0.25) is 0 Å².